The summed E-state index contributed by atoms with van der Waals surface area (Å²) in [4.78, 5) is 12.3. The number of hydrogen-bond acceptors (Lipinski definition) is 4. The number of fused-ring (bicyclic) bond motifs is 1. The van der Waals surface area contributed by atoms with Gasteiger partial charge in [0, 0.05) is 40.9 Å². The van der Waals surface area contributed by atoms with Gasteiger partial charge in [-0.1, -0.05) is 18.2 Å². The number of anilines is 2. The van der Waals surface area contributed by atoms with Crippen LogP contribution >= 0.6 is 0 Å². The molecule has 5 heteroatoms. The van der Waals surface area contributed by atoms with Crippen LogP contribution in [0.25, 0.3) is 10.9 Å². The van der Waals surface area contributed by atoms with Crippen molar-refractivity contribution >= 4 is 22.7 Å². The van der Waals surface area contributed by atoms with E-state index < -0.39 is 0 Å². The van der Waals surface area contributed by atoms with Crippen LogP contribution in [0.3, 0.4) is 0 Å². The number of hydrogen-bond donors (Lipinski definition) is 3. The summed E-state index contributed by atoms with van der Waals surface area (Å²) < 4.78 is 0. The SMILES string of the molecule is Cc1cc(NCCc2c[nH]c3ccccc23)nc(NC(C)(C)C)n1. The first-order chi connectivity index (χ1) is 11.4. The van der Waals surface area contributed by atoms with E-state index in [0.29, 0.717) is 5.95 Å². The molecule has 0 bridgehead atoms. The van der Waals surface area contributed by atoms with Crippen LogP contribution in [0.1, 0.15) is 32.0 Å². The minimum absolute atomic E-state index is 0.0604. The first kappa shape index (κ1) is 16.3. The lowest BCUT2D eigenvalue weighted by atomic mass is 10.1. The fraction of sp³-hybridized carbons (Fsp3) is 0.368. The number of para-hydroxylation sites is 1. The number of aromatic nitrogens is 3. The Balaban J connectivity index is 1.66. The Morgan fingerprint density at radius 3 is 2.71 bits per heavy atom. The van der Waals surface area contributed by atoms with Crippen molar-refractivity contribution in [3.8, 4) is 0 Å². The summed E-state index contributed by atoms with van der Waals surface area (Å²) in [6.45, 7) is 9.11. The van der Waals surface area contributed by atoms with E-state index in [4.69, 9.17) is 0 Å². The molecule has 2 aromatic heterocycles. The zero-order valence-electron chi connectivity index (χ0n) is 14.8. The van der Waals surface area contributed by atoms with Crippen LogP contribution < -0.4 is 10.6 Å². The van der Waals surface area contributed by atoms with Crippen LogP contribution in [-0.4, -0.2) is 27.0 Å². The van der Waals surface area contributed by atoms with E-state index >= 15 is 0 Å². The van der Waals surface area contributed by atoms with Crippen LogP contribution in [0.2, 0.25) is 0 Å². The molecule has 0 aliphatic rings. The Bertz CT molecular complexity index is 829. The maximum absolute atomic E-state index is 4.56. The highest BCUT2D eigenvalue weighted by molar-refractivity contribution is 5.83. The summed E-state index contributed by atoms with van der Waals surface area (Å²) in [7, 11) is 0. The van der Waals surface area contributed by atoms with E-state index in [1.165, 1.54) is 16.5 Å². The van der Waals surface area contributed by atoms with Crippen molar-refractivity contribution in [2.24, 2.45) is 0 Å². The third-order valence-electron chi connectivity index (χ3n) is 3.72. The summed E-state index contributed by atoms with van der Waals surface area (Å²) in [5.41, 5.74) is 3.39. The first-order valence-electron chi connectivity index (χ1n) is 8.33. The summed E-state index contributed by atoms with van der Waals surface area (Å²) in [5, 5.41) is 8.02. The quantitative estimate of drug-likeness (QED) is 0.660. The first-order valence-corrected chi connectivity index (χ1v) is 8.33. The molecule has 3 aromatic rings. The highest BCUT2D eigenvalue weighted by atomic mass is 15.2. The number of nitrogens with one attached hydrogen (secondary N) is 3. The zero-order chi connectivity index (χ0) is 17.2. The lowest BCUT2D eigenvalue weighted by Crippen LogP contribution is -2.27. The second-order valence-corrected chi connectivity index (χ2v) is 7.13. The number of aromatic amines is 1. The fourth-order valence-electron chi connectivity index (χ4n) is 2.71. The van der Waals surface area contributed by atoms with Crippen LogP contribution in [0.15, 0.2) is 36.5 Å². The Labute approximate surface area is 142 Å². The molecule has 126 valence electrons. The van der Waals surface area contributed by atoms with Crippen molar-refractivity contribution in [1.29, 1.82) is 0 Å². The molecule has 1 aromatic carbocycles. The van der Waals surface area contributed by atoms with Gasteiger partial charge in [-0.25, -0.2) is 4.98 Å². The average Bonchev–Trinajstić information content (AvgIpc) is 2.88. The van der Waals surface area contributed by atoms with Crippen molar-refractivity contribution in [2.45, 2.75) is 39.7 Å². The molecule has 0 saturated heterocycles. The summed E-state index contributed by atoms with van der Waals surface area (Å²) in [6, 6.07) is 10.4. The number of benzene rings is 1. The van der Waals surface area contributed by atoms with E-state index in [0.717, 1.165) is 24.5 Å². The highest BCUT2D eigenvalue weighted by Gasteiger charge is 2.12. The summed E-state index contributed by atoms with van der Waals surface area (Å²) in [6.07, 6.45) is 3.03. The fourth-order valence-corrected chi connectivity index (χ4v) is 2.71. The molecule has 0 saturated carbocycles. The smallest absolute Gasteiger partial charge is 0.225 e. The third kappa shape index (κ3) is 4.04. The molecule has 0 atom stereocenters. The van der Waals surface area contributed by atoms with Gasteiger partial charge in [0.2, 0.25) is 5.95 Å². The van der Waals surface area contributed by atoms with Gasteiger partial charge in [-0.05, 0) is 45.7 Å². The van der Waals surface area contributed by atoms with E-state index in [1.54, 1.807) is 0 Å². The molecule has 0 amide bonds. The zero-order valence-corrected chi connectivity index (χ0v) is 14.8. The van der Waals surface area contributed by atoms with E-state index in [1.807, 2.05) is 19.1 Å². The van der Waals surface area contributed by atoms with Gasteiger partial charge in [0.05, 0.1) is 0 Å². The molecule has 3 rings (SSSR count). The molecule has 0 radical (unpaired) electrons. The van der Waals surface area contributed by atoms with Crippen LogP contribution in [0.5, 0.6) is 0 Å². The Hall–Kier alpha value is -2.56. The molecule has 0 aliphatic heterocycles. The predicted molar refractivity (Wildman–Crippen MR) is 101 cm³/mol. The van der Waals surface area contributed by atoms with Gasteiger partial charge in [-0.2, -0.15) is 4.98 Å². The average molecular weight is 323 g/mol. The van der Waals surface area contributed by atoms with Gasteiger partial charge in [-0.3, -0.25) is 0 Å². The highest BCUT2D eigenvalue weighted by Crippen LogP contribution is 2.18. The van der Waals surface area contributed by atoms with Crippen molar-refractivity contribution < 1.29 is 0 Å². The molecule has 5 nitrogen and oxygen atoms in total. The van der Waals surface area contributed by atoms with Gasteiger partial charge < -0.3 is 15.6 Å². The predicted octanol–water partition coefficient (Wildman–Crippen LogP) is 4.13. The lowest BCUT2D eigenvalue weighted by molar-refractivity contribution is 0.625. The van der Waals surface area contributed by atoms with Crippen molar-refractivity contribution in [3.05, 3.63) is 47.8 Å². The summed E-state index contributed by atoms with van der Waals surface area (Å²) >= 11 is 0. The van der Waals surface area contributed by atoms with Crippen LogP contribution in [0.4, 0.5) is 11.8 Å². The molecular weight excluding hydrogens is 298 g/mol. The number of aryl methyl sites for hydroxylation is 1. The second kappa shape index (κ2) is 6.51. The van der Waals surface area contributed by atoms with Crippen molar-refractivity contribution in [2.75, 3.05) is 17.2 Å². The normalized spacial score (nSPS) is 11.7. The standard InChI is InChI=1S/C19H25N5/c1-13-11-17(23-18(22-13)24-19(2,3)4)20-10-9-14-12-21-16-8-6-5-7-15(14)16/h5-8,11-12,21H,9-10H2,1-4H3,(H2,20,22,23,24). The van der Waals surface area contributed by atoms with Gasteiger partial charge in [0.15, 0.2) is 0 Å². The van der Waals surface area contributed by atoms with Gasteiger partial charge in [0.25, 0.3) is 0 Å². The maximum atomic E-state index is 4.56. The lowest BCUT2D eigenvalue weighted by Gasteiger charge is -2.21. The second-order valence-electron chi connectivity index (χ2n) is 7.13. The molecule has 2 heterocycles. The molecule has 0 spiro atoms. The molecular formula is C19H25N5. The molecule has 0 fully saturated rings. The molecule has 0 aliphatic carbocycles. The molecule has 0 unspecified atom stereocenters. The minimum Gasteiger partial charge on any atom is -0.370 e. The monoisotopic (exact) mass is 323 g/mol. The Morgan fingerprint density at radius 1 is 1.12 bits per heavy atom. The van der Waals surface area contributed by atoms with Crippen molar-refractivity contribution in [3.63, 3.8) is 0 Å². The number of nitrogens with zero attached hydrogens (tertiary/aromatic N) is 2. The largest absolute Gasteiger partial charge is 0.370 e. The minimum atomic E-state index is -0.0604. The van der Waals surface area contributed by atoms with E-state index in [2.05, 4.69) is 70.8 Å². The third-order valence-corrected chi connectivity index (χ3v) is 3.72. The van der Waals surface area contributed by atoms with Gasteiger partial charge >= 0.3 is 0 Å². The summed E-state index contributed by atoms with van der Waals surface area (Å²) in [5.74, 6) is 1.52. The van der Waals surface area contributed by atoms with Gasteiger partial charge in [0.1, 0.15) is 5.82 Å². The van der Waals surface area contributed by atoms with Crippen LogP contribution in [-0.2, 0) is 6.42 Å². The van der Waals surface area contributed by atoms with E-state index in [9.17, 15) is 0 Å². The van der Waals surface area contributed by atoms with Crippen LogP contribution in [0, 0.1) is 6.92 Å². The number of rotatable bonds is 5. The Morgan fingerprint density at radius 2 is 1.92 bits per heavy atom. The molecule has 3 N–H and O–H groups in total. The topological polar surface area (TPSA) is 65.6 Å². The number of H-pyrrole nitrogens is 1. The molecule has 24 heavy (non-hydrogen) atoms. The van der Waals surface area contributed by atoms with E-state index in [-0.39, 0.29) is 5.54 Å². The maximum Gasteiger partial charge on any atom is 0.225 e. The van der Waals surface area contributed by atoms with Crippen molar-refractivity contribution in [1.82, 2.24) is 15.0 Å². The van der Waals surface area contributed by atoms with Gasteiger partial charge in [-0.15, -0.1) is 0 Å². The Kier molecular flexibility index (Phi) is 4.42.